The van der Waals surface area contributed by atoms with Gasteiger partial charge in [-0.2, -0.15) is 0 Å². The molecule has 0 N–H and O–H groups in total. The zero-order valence-electron chi connectivity index (χ0n) is 5.18. The van der Waals surface area contributed by atoms with Gasteiger partial charge in [-0.1, -0.05) is 25.5 Å². The van der Waals surface area contributed by atoms with Crippen molar-refractivity contribution in [3.05, 3.63) is 24.5 Å². The van der Waals surface area contributed by atoms with E-state index in [1.165, 1.54) is 6.08 Å². The SMILES string of the molecule is C=C([O-])C=CCCC. The molecule has 0 spiro atoms. The summed E-state index contributed by atoms with van der Waals surface area (Å²) >= 11 is 0. The Balaban J connectivity index is 3.20. The van der Waals surface area contributed by atoms with E-state index in [1.54, 1.807) is 0 Å². The Labute approximate surface area is 50.3 Å². The first-order valence-electron chi connectivity index (χ1n) is 2.80. The summed E-state index contributed by atoms with van der Waals surface area (Å²) in [6.45, 7) is 5.25. The lowest BCUT2D eigenvalue weighted by molar-refractivity contribution is -0.294. The Hall–Kier alpha value is -0.720. The first-order chi connectivity index (χ1) is 3.77. The summed E-state index contributed by atoms with van der Waals surface area (Å²) in [5, 5.41) is 10.1. The lowest BCUT2D eigenvalue weighted by atomic mass is 10.3. The average Bonchev–Trinajstić information content (AvgIpc) is 1.66. The minimum atomic E-state index is -0.113. The van der Waals surface area contributed by atoms with Gasteiger partial charge >= 0.3 is 0 Å². The Bertz CT molecular complexity index is 92.6. The van der Waals surface area contributed by atoms with Gasteiger partial charge in [0.05, 0.1) is 0 Å². The third kappa shape index (κ3) is 5.28. The summed E-state index contributed by atoms with van der Waals surface area (Å²) in [6.07, 6.45) is 5.41. The highest BCUT2D eigenvalue weighted by Crippen LogP contribution is 1.89. The fraction of sp³-hybridized carbons (Fsp3) is 0.429. The van der Waals surface area contributed by atoms with Gasteiger partial charge in [0, 0.05) is 0 Å². The molecule has 0 fully saturated rings. The minimum Gasteiger partial charge on any atom is -0.873 e. The molecular weight excluding hydrogens is 100 g/mol. The summed E-state index contributed by atoms with van der Waals surface area (Å²) in [5.74, 6) is -0.113. The third-order valence-electron chi connectivity index (χ3n) is 0.759. The standard InChI is InChI=1S/C7H12O/c1-3-4-5-6-7(2)8/h5-6,8H,2-4H2,1H3/p-1. The van der Waals surface area contributed by atoms with Crippen LogP contribution in [-0.2, 0) is 0 Å². The van der Waals surface area contributed by atoms with Gasteiger partial charge in [0.1, 0.15) is 0 Å². The topological polar surface area (TPSA) is 23.1 Å². The first kappa shape index (κ1) is 7.28. The molecule has 0 atom stereocenters. The van der Waals surface area contributed by atoms with Gasteiger partial charge in [0.25, 0.3) is 0 Å². The van der Waals surface area contributed by atoms with Gasteiger partial charge in [-0.15, -0.1) is 12.3 Å². The van der Waals surface area contributed by atoms with Crippen LogP contribution >= 0.6 is 0 Å². The number of allylic oxidation sites excluding steroid dienone is 2. The predicted molar refractivity (Wildman–Crippen MR) is 33.2 cm³/mol. The van der Waals surface area contributed by atoms with Crippen LogP contribution in [0.1, 0.15) is 19.8 Å². The molecule has 0 aliphatic carbocycles. The highest BCUT2D eigenvalue weighted by atomic mass is 16.3. The van der Waals surface area contributed by atoms with Crippen molar-refractivity contribution >= 4 is 0 Å². The molecule has 8 heavy (non-hydrogen) atoms. The first-order valence-corrected chi connectivity index (χ1v) is 2.80. The maximum absolute atomic E-state index is 10.1. The summed E-state index contributed by atoms with van der Waals surface area (Å²) in [7, 11) is 0. The molecule has 0 radical (unpaired) electrons. The van der Waals surface area contributed by atoms with Gasteiger partial charge in [0.15, 0.2) is 0 Å². The normalized spacial score (nSPS) is 10.1. The Morgan fingerprint density at radius 2 is 2.38 bits per heavy atom. The van der Waals surface area contributed by atoms with Gasteiger partial charge in [0.2, 0.25) is 0 Å². The third-order valence-corrected chi connectivity index (χ3v) is 0.759. The molecule has 0 saturated carbocycles. The molecule has 0 bridgehead atoms. The van der Waals surface area contributed by atoms with E-state index in [-0.39, 0.29) is 5.76 Å². The van der Waals surface area contributed by atoms with Gasteiger partial charge in [-0.05, 0) is 6.42 Å². The fourth-order valence-corrected chi connectivity index (χ4v) is 0.381. The highest BCUT2D eigenvalue weighted by molar-refractivity contribution is 5.03. The van der Waals surface area contributed by atoms with Crippen LogP contribution < -0.4 is 5.11 Å². The van der Waals surface area contributed by atoms with Crippen LogP contribution in [0.2, 0.25) is 0 Å². The van der Waals surface area contributed by atoms with E-state index in [2.05, 4.69) is 13.5 Å². The van der Waals surface area contributed by atoms with Crippen LogP contribution in [0.5, 0.6) is 0 Å². The highest BCUT2D eigenvalue weighted by Gasteiger charge is 1.68. The van der Waals surface area contributed by atoms with Crippen LogP contribution in [0, 0.1) is 0 Å². The Kier molecular flexibility index (Phi) is 4.04. The maximum atomic E-state index is 10.1. The molecular formula is C7H11O-. The van der Waals surface area contributed by atoms with Gasteiger partial charge < -0.3 is 5.11 Å². The summed E-state index contributed by atoms with van der Waals surface area (Å²) in [5.41, 5.74) is 0. The van der Waals surface area contributed by atoms with Crippen LogP contribution in [0.15, 0.2) is 24.5 Å². The van der Waals surface area contributed by atoms with E-state index < -0.39 is 0 Å². The molecule has 0 saturated heterocycles. The smallest absolute Gasteiger partial charge is 0.0350 e. The van der Waals surface area contributed by atoms with Crippen molar-refractivity contribution < 1.29 is 5.11 Å². The van der Waals surface area contributed by atoms with Crippen LogP contribution in [0.25, 0.3) is 0 Å². The molecule has 0 rings (SSSR count). The van der Waals surface area contributed by atoms with Crippen molar-refractivity contribution in [2.75, 3.05) is 0 Å². The second kappa shape index (κ2) is 4.44. The van der Waals surface area contributed by atoms with E-state index in [1.807, 2.05) is 6.08 Å². The van der Waals surface area contributed by atoms with Gasteiger partial charge in [-0.25, -0.2) is 0 Å². The number of hydrogen-bond acceptors (Lipinski definition) is 1. The number of rotatable bonds is 3. The lowest BCUT2D eigenvalue weighted by Gasteiger charge is -1.98. The predicted octanol–water partition coefficient (Wildman–Crippen LogP) is 1.22. The lowest BCUT2D eigenvalue weighted by Crippen LogP contribution is -1.95. The maximum Gasteiger partial charge on any atom is -0.0350 e. The number of hydrogen-bond donors (Lipinski definition) is 0. The summed E-state index contributed by atoms with van der Waals surface area (Å²) in [4.78, 5) is 0. The van der Waals surface area contributed by atoms with Crippen molar-refractivity contribution in [2.24, 2.45) is 0 Å². The quantitative estimate of drug-likeness (QED) is 0.396. The summed E-state index contributed by atoms with van der Waals surface area (Å²) in [6, 6.07) is 0. The molecule has 0 aromatic carbocycles. The van der Waals surface area contributed by atoms with Crippen molar-refractivity contribution in [3.63, 3.8) is 0 Å². The molecule has 0 aromatic rings. The van der Waals surface area contributed by atoms with Gasteiger partial charge in [-0.3, -0.25) is 0 Å². The second-order valence-electron chi connectivity index (χ2n) is 1.66. The van der Waals surface area contributed by atoms with E-state index in [0.29, 0.717) is 0 Å². The van der Waals surface area contributed by atoms with Crippen LogP contribution in [0.4, 0.5) is 0 Å². The van der Waals surface area contributed by atoms with E-state index in [4.69, 9.17) is 0 Å². The zero-order valence-corrected chi connectivity index (χ0v) is 5.18. The fourth-order valence-electron chi connectivity index (χ4n) is 0.381. The molecule has 0 aliphatic heterocycles. The molecule has 0 heterocycles. The minimum absolute atomic E-state index is 0.113. The zero-order chi connectivity index (χ0) is 6.41. The molecule has 0 amide bonds. The molecule has 0 aliphatic rings. The van der Waals surface area contributed by atoms with Crippen LogP contribution in [-0.4, -0.2) is 0 Å². The van der Waals surface area contributed by atoms with E-state index >= 15 is 0 Å². The molecule has 1 nitrogen and oxygen atoms in total. The van der Waals surface area contributed by atoms with E-state index in [9.17, 15) is 5.11 Å². The number of unbranched alkanes of at least 4 members (excludes halogenated alkanes) is 1. The van der Waals surface area contributed by atoms with Crippen molar-refractivity contribution in [2.45, 2.75) is 19.8 Å². The second-order valence-corrected chi connectivity index (χ2v) is 1.66. The molecule has 46 valence electrons. The Morgan fingerprint density at radius 1 is 1.75 bits per heavy atom. The summed E-state index contributed by atoms with van der Waals surface area (Å²) < 4.78 is 0. The Morgan fingerprint density at radius 3 is 2.75 bits per heavy atom. The molecule has 0 aromatic heterocycles. The van der Waals surface area contributed by atoms with Crippen molar-refractivity contribution in [1.29, 1.82) is 0 Å². The van der Waals surface area contributed by atoms with Crippen molar-refractivity contribution in [3.8, 4) is 0 Å². The average molecular weight is 111 g/mol. The van der Waals surface area contributed by atoms with E-state index in [0.717, 1.165) is 12.8 Å². The molecule has 0 unspecified atom stereocenters. The molecule has 1 heteroatoms. The van der Waals surface area contributed by atoms with Crippen LogP contribution in [0.3, 0.4) is 0 Å². The largest absolute Gasteiger partial charge is 0.873 e. The monoisotopic (exact) mass is 111 g/mol. The van der Waals surface area contributed by atoms with Crippen molar-refractivity contribution in [1.82, 2.24) is 0 Å².